The second kappa shape index (κ2) is 11.8. The number of piperidine rings is 1. The van der Waals surface area contributed by atoms with Gasteiger partial charge in [-0.25, -0.2) is 0 Å². The molecular formula is C20H40N4O2. The largest absolute Gasteiger partial charge is 0.376 e. The van der Waals surface area contributed by atoms with Gasteiger partial charge in [0.05, 0.1) is 18.8 Å². The van der Waals surface area contributed by atoms with Gasteiger partial charge in [0, 0.05) is 45.9 Å². The van der Waals surface area contributed by atoms with Crippen molar-refractivity contribution in [2.45, 2.75) is 70.6 Å². The standard InChI is InChI=1S/C20H40N4O2/c1-5-17(2)23(4)14-11-22-20(21-3)24-12-9-18(10-13-24)26-16-19-8-6-7-15-25-19/h17-19H,5-16H2,1-4H3,(H,21,22). The maximum Gasteiger partial charge on any atom is 0.193 e. The summed E-state index contributed by atoms with van der Waals surface area (Å²) in [5.41, 5.74) is 0. The molecule has 0 aromatic heterocycles. The molecule has 6 heteroatoms. The first-order valence-electron chi connectivity index (χ1n) is 10.5. The van der Waals surface area contributed by atoms with E-state index >= 15 is 0 Å². The smallest absolute Gasteiger partial charge is 0.193 e. The lowest BCUT2D eigenvalue weighted by Crippen LogP contribution is -2.49. The van der Waals surface area contributed by atoms with E-state index in [4.69, 9.17) is 9.47 Å². The van der Waals surface area contributed by atoms with Gasteiger partial charge in [-0.15, -0.1) is 0 Å². The number of likely N-dealkylation sites (N-methyl/N-ethyl adjacent to an activating group) is 1. The minimum atomic E-state index is 0.318. The molecule has 0 amide bonds. The summed E-state index contributed by atoms with van der Waals surface area (Å²) in [5, 5.41) is 3.52. The zero-order chi connectivity index (χ0) is 18.8. The Bertz CT molecular complexity index is 405. The molecule has 0 bridgehead atoms. The van der Waals surface area contributed by atoms with Crippen molar-refractivity contribution in [2.24, 2.45) is 4.99 Å². The van der Waals surface area contributed by atoms with Crippen LogP contribution in [0.15, 0.2) is 4.99 Å². The van der Waals surface area contributed by atoms with Crippen LogP contribution in [0.1, 0.15) is 52.4 Å². The van der Waals surface area contributed by atoms with Gasteiger partial charge in [0.25, 0.3) is 0 Å². The molecule has 26 heavy (non-hydrogen) atoms. The molecule has 0 radical (unpaired) electrons. The van der Waals surface area contributed by atoms with E-state index in [0.717, 1.165) is 64.6 Å². The Balaban J connectivity index is 1.63. The number of likely N-dealkylation sites (tertiary alicyclic amines) is 1. The highest BCUT2D eigenvalue weighted by Crippen LogP contribution is 2.17. The van der Waals surface area contributed by atoms with E-state index in [2.05, 4.69) is 41.0 Å². The first kappa shape index (κ1) is 21.5. The molecule has 2 saturated heterocycles. The van der Waals surface area contributed by atoms with Gasteiger partial charge in [-0.05, 0) is 52.5 Å². The Labute approximate surface area is 160 Å². The van der Waals surface area contributed by atoms with Crippen LogP contribution in [0.2, 0.25) is 0 Å². The molecule has 2 atom stereocenters. The molecule has 1 N–H and O–H groups in total. The number of ether oxygens (including phenoxy) is 2. The fraction of sp³-hybridized carbons (Fsp3) is 0.950. The van der Waals surface area contributed by atoms with Crippen LogP contribution in [0.5, 0.6) is 0 Å². The number of hydrogen-bond acceptors (Lipinski definition) is 4. The molecule has 2 fully saturated rings. The zero-order valence-corrected chi connectivity index (χ0v) is 17.4. The normalized spacial score (nSPS) is 24.1. The first-order chi connectivity index (χ1) is 12.6. The summed E-state index contributed by atoms with van der Waals surface area (Å²) in [4.78, 5) is 9.23. The minimum Gasteiger partial charge on any atom is -0.376 e. The van der Waals surface area contributed by atoms with Gasteiger partial charge in [0.1, 0.15) is 0 Å². The predicted molar refractivity (Wildman–Crippen MR) is 108 cm³/mol. The number of rotatable bonds is 8. The topological polar surface area (TPSA) is 49.3 Å². The van der Waals surface area contributed by atoms with E-state index in [1.807, 2.05) is 7.05 Å². The molecule has 2 aliphatic heterocycles. The summed E-state index contributed by atoms with van der Waals surface area (Å²) < 4.78 is 11.9. The summed E-state index contributed by atoms with van der Waals surface area (Å²) in [6.45, 7) is 10.2. The van der Waals surface area contributed by atoms with Gasteiger partial charge in [-0.2, -0.15) is 0 Å². The fourth-order valence-electron chi connectivity index (χ4n) is 3.62. The molecule has 2 unspecified atom stereocenters. The summed E-state index contributed by atoms with van der Waals surface area (Å²) in [7, 11) is 4.07. The molecule has 0 aromatic rings. The summed E-state index contributed by atoms with van der Waals surface area (Å²) in [6.07, 6.45) is 7.64. The second-order valence-corrected chi connectivity index (χ2v) is 7.72. The van der Waals surface area contributed by atoms with Gasteiger partial charge in [-0.3, -0.25) is 4.99 Å². The van der Waals surface area contributed by atoms with Crippen molar-refractivity contribution in [1.82, 2.24) is 15.1 Å². The Hall–Kier alpha value is -0.850. The van der Waals surface area contributed by atoms with Crippen molar-refractivity contribution in [3.05, 3.63) is 0 Å². The molecule has 0 aliphatic carbocycles. The summed E-state index contributed by atoms with van der Waals surface area (Å²) in [6, 6.07) is 0.625. The molecule has 0 spiro atoms. The second-order valence-electron chi connectivity index (χ2n) is 7.72. The minimum absolute atomic E-state index is 0.318. The van der Waals surface area contributed by atoms with E-state index in [9.17, 15) is 0 Å². The Morgan fingerprint density at radius 3 is 2.69 bits per heavy atom. The van der Waals surface area contributed by atoms with E-state index in [1.165, 1.54) is 19.3 Å². The zero-order valence-electron chi connectivity index (χ0n) is 17.4. The van der Waals surface area contributed by atoms with Crippen molar-refractivity contribution < 1.29 is 9.47 Å². The third-order valence-corrected chi connectivity index (χ3v) is 5.84. The van der Waals surface area contributed by atoms with Gasteiger partial charge >= 0.3 is 0 Å². The summed E-state index contributed by atoms with van der Waals surface area (Å²) in [5.74, 6) is 1.02. The highest BCUT2D eigenvalue weighted by molar-refractivity contribution is 5.79. The number of nitrogens with one attached hydrogen (secondary N) is 1. The SMILES string of the molecule is CCC(C)N(C)CCNC(=NC)N1CCC(OCC2CCCCO2)CC1. The molecule has 6 nitrogen and oxygen atoms in total. The van der Waals surface area contributed by atoms with E-state index in [0.29, 0.717) is 18.2 Å². The van der Waals surface area contributed by atoms with Gasteiger partial charge in [0.15, 0.2) is 5.96 Å². The van der Waals surface area contributed by atoms with Crippen LogP contribution in [-0.4, -0.2) is 87.5 Å². The Kier molecular flexibility index (Phi) is 9.72. The van der Waals surface area contributed by atoms with Crippen LogP contribution in [0.25, 0.3) is 0 Å². The van der Waals surface area contributed by atoms with Gasteiger partial charge in [0.2, 0.25) is 0 Å². The molecule has 152 valence electrons. The molecule has 2 rings (SSSR count). The average Bonchev–Trinajstić information content (AvgIpc) is 2.70. The van der Waals surface area contributed by atoms with Crippen molar-refractivity contribution in [1.29, 1.82) is 0 Å². The third kappa shape index (κ3) is 7.05. The van der Waals surface area contributed by atoms with Crippen molar-refractivity contribution in [3.8, 4) is 0 Å². The first-order valence-corrected chi connectivity index (χ1v) is 10.5. The van der Waals surface area contributed by atoms with Crippen molar-refractivity contribution >= 4 is 5.96 Å². The number of aliphatic imine (C=N–C) groups is 1. The van der Waals surface area contributed by atoms with Crippen LogP contribution in [0.4, 0.5) is 0 Å². The van der Waals surface area contributed by atoms with Crippen LogP contribution in [-0.2, 0) is 9.47 Å². The fourth-order valence-corrected chi connectivity index (χ4v) is 3.62. The van der Waals surface area contributed by atoms with Gasteiger partial charge < -0.3 is 24.6 Å². The van der Waals surface area contributed by atoms with Gasteiger partial charge in [-0.1, -0.05) is 6.92 Å². The van der Waals surface area contributed by atoms with Crippen molar-refractivity contribution in [3.63, 3.8) is 0 Å². The summed E-state index contributed by atoms with van der Waals surface area (Å²) >= 11 is 0. The van der Waals surface area contributed by atoms with Crippen LogP contribution >= 0.6 is 0 Å². The van der Waals surface area contributed by atoms with E-state index < -0.39 is 0 Å². The molecule has 0 aromatic carbocycles. The van der Waals surface area contributed by atoms with Crippen LogP contribution in [0, 0.1) is 0 Å². The lowest BCUT2D eigenvalue weighted by atomic mass is 10.1. The maximum atomic E-state index is 6.12. The number of nitrogens with zero attached hydrogens (tertiary/aromatic N) is 3. The van der Waals surface area contributed by atoms with Crippen molar-refractivity contribution in [2.75, 3.05) is 53.5 Å². The number of guanidine groups is 1. The lowest BCUT2D eigenvalue weighted by Gasteiger charge is -2.35. The highest BCUT2D eigenvalue weighted by atomic mass is 16.5. The number of hydrogen-bond donors (Lipinski definition) is 1. The van der Waals surface area contributed by atoms with E-state index in [-0.39, 0.29) is 0 Å². The Morgan fingerprint density at radius 2 is 2.08 bits per heavy atom. The molecule has 2 heterocycles. The average molecular weight is 369 g/mol. The Morgan fingerprint density at radius 1 is 1.31 bits per heavy atom. The maximum absolute atomic E-state index is 6.12. The van der Waals surface area contributed by atoms with Crippen LogP contribution in [0.3, 0.4) is 0 Å². The molecule has 2 aliphatic rings. The van der Waals surface area contributed by atoms with E-state index in [1.54, 1.807) is 0 Å². The quantitative estimate of drug-likeness (QED) is 0.526. The predicted octanol–water partition coefficient (Wildman–Crippen LogP) is 2.34. The monoisotopic (exact) mass is 368 g/mol. The lowest BCUT2D eigenvalue weighted by molar-refractivity contribution is -0.0721. The molecular weight excluding hydrogens is 328 g/mol. The third-order valence-electron chi connectivity index (χ3n) is 5.84. The molecule has 0 saturated carbocycles. The highest BCUT2D eigenvalue weighted by Gasteiger charge is 2.23. The van der Waals surface area contributed by atoms with Crippen LogP contribution < -0.4 is 5.32 Å².